The summed E-state index contributed by atoms with van der Waals surface area (Å²) in [6.45, 7) is 1.36. The third-order valence-electron chi connectivity index (χ3n) is 5.41. The number of hydrogen-bond acceptors (Lipinski definition) is 7. The zero-order valence-corrected chi connectivity index (χ0v) is 21.5. The highest BCUT2D eigenvalue weighted by Gasteiger charge is 2.36. The van der Waals surface area contributed by atoms with Crippen molar-refractivity contribution in [1.82, 2.24) is 4.90 Å². The number of carbonyl (C=O) groups excluding carboxylic acids is 4. The number of benzene rings is 3. The molecule has 4 amide bonds. The standard InChI is InChI=1S/C28H25N3O6S/c1-18-6-5-7-20(14-18)29-26(33)17-37-21-12-10-19(11-13-21)15-24-27(34)31(28(35)38-24)16-25(32)30-22-8-3-4-9-23(22)36-2/h3-15H,16-17H2,1-2H3,(H,29,33)(H,30,32)/b24-15+. The number of methoxy groups -OCH3 is 1. The summed E-state index contributed by atoms with van der Waals surface area (Å²) < 4.78 is 10.7. The maximum atomic E-state index is 12.8. The summed E-state index contributed by atoms with van der Waals surface area (Å²) >= 11 is 0.762. The van der Waals surface area contributed by atoms with Crippen molar-refractivity contribution >= 4 is 52.2 Å². The zero-order chi connectivity index (χ0) is 27.1. The minimum absolute atomic E-state index is 0.164. The van der Waals surface area contributed by atoms with Crippen LogP contribution in [-0.4, -0.2) is 48.1 Å². The molecule has 9 nitrogen and oxygen atoms in total. The predicted molar refractivity (Wildman–Crippen MR) is 146 cm³/mol. The van der Waals surface area contributed by atoms with Crippen LogP contribution in [0.25, 0.3) is 6.08 Å². The van der Waals surface area contributed by atoms with E-state index in [1.807, 2.05) is 25.1 Å². The fourth-order valence-electron chi connectivity index (χ4n) is 3.60. The second kappa shape index (κ2) is 12.1. The highest BCUT2D eigenvalue weighted by molar-refractivity contribution is 8.18. The van der Waals surface area contributed by atoms with Gasteiger partial charge in [0.15, 0.2) is 6.61 Å². The van der Waals surface area contributed by atoms with E-state index in [4.69, 9.17) is 9.47 Å². The maximum Gasteiger partial charge on any atom is 0.294 e. The van der Waals surface area contributed by atoms with Crippen molar-refractivity contribution in [3.05, 3.63) is 88.8 Å². The van der Waals surface area contributed by atoms with E-state index in [0.717, 1.165) is 22.2 Å². The van der Waals surface area contributed by atoms with Gasteiger partial charge in [0.1, 0.15) is 18.0 Å². The van der Waals surface area contributed by atoms with Crippen LogP contribution in [0.3, 0.4) is 0 Å². The van der Waals surface area contributed by atoms with Crippen LogP contribution in [0.1, 0.15) is 11.1 Å². The number of ether oxygens (including phenoxy) is 2. The third-order valence-corrected chi connectivity index (χ3v) is 6.31. The van der Waals surface area contributed by atoms with Gasteiger partial charge in [0.25, 0.3) is 17.1 Å². The molecule has 1 heterocycles. The number of imide groups is 1. The molecule has 38 heavy (non-hydrogen) atoms. The minimum Gasteiger partial charge on any atom is -0.495 e. The summed E-state index contributed by atoms with van der Waals surface area (Å²) in [5.41, 5.74) is 2.83. The van der Waals surface area contributed by atoms with Gasteiger partial charge in [-0.2, -0.15) is 0 Å². The van der Waals surface area contributed by atoms with Crippen LogP contribution in [-0.2, 0) is 14.4 Å². The first kappa shape index (κ1) is 26.5. The van der Waals surface area contributed by atoms with Gasteiger partial charge in [-0.3, -0.25) is 24.1 Å². The Labute approximate surface area is 223 Å². The summed E-state index contributed by atoms with van der Waals surface area (Å²) in [7, 11) is 1.48. The fraction of sp³-hybridized carbons (Fsp3) is 0.143. The molecule has 1 aliphatic heterocycles. The van der Waals surface area contributed by atoms with Gasteiger partial charge < -0.3 is 20.1 Å². The average molecular weight is 532 g/mol. The molecule has 0 aromatic heterocycles. The molecule has 10 heteroatoms. The van der Waals surface area contributed by atoms with Crippen molar-refractivity contribution in [2.24, 2.45) is 0 Å². The Morgan fingerprint density at radius 1 is 0.947 bits per heavy atom. The van der Waals surface area contributed by atoms with E-state index in [1.165, 1.54) is 7.11 Å². The number of thioether (sulfide) groups is 1. The maximum absolute atomic E-state index is 12.8. The second-order valence-corrected chi connectivity index (χ2v) is 9.28. The molecule has 0 saturated carbocycles. The first-order valence-corrected chi connectivity index (χ1v) is 12.4. The predicted octanol–water partition coefficient (Wildman–Crippen LogP) is 4.70. The van der Waals surface area contributed by atoms with Crippen molar-refractivity contribution in [2.75, 3.05) is 30.9 Å². The van der Waals surface area contributed by atoms with Crippen LogP contribution < -0.4 is 20.1 Å². The lowest BCUT2D eigenvalue weighted by molar-refractivity contribution is -0.127. The Balaban J connectivity index is 1.31. The van der Waals surface area contributed by atoms with Gasteiger partial charge in [-0.15, -0.1) is 0 Å². The van der Waals surface area contributed by atoms with Crippen molar-refractivity contribution < 1.29 is 28.7 Å². The molecule has 3 aromatic carbocycles. The molecule has 0 atom stereocenters. The lowest BCUT2D eigenvalue weighted by Gasteiger charge is -2.14. The van der Waals surface area contributed by atoms with Crippen molar-refractivity contribution in [3.8, 4) is 11.5 Å². The molecular weight excluding hydrogens is 506 g/mol. The van der Waals surface area contributed by atoms with E-state index in [1.54, 1.807) is 60.7 Å². The summed E-state index contributed by atoms with van der Waals surface area (Å²) in [5.74, 6) is -0.422. The SMILES string of the molecule is COc1ccccc1NC(=O)CN1C(=O)S/C(=C/c2ccc(OCC(=O)Nc3cccc(C)c3)cc2)C1=O. The van der Waals surface area contributed by atoms with E-state index < -0.39 is 23.6 Å². The summed E-state index contributed by atoms with van der Waals surface area (Å²) in [4.78, 5) is 50.9. The number of nitrogens with zero attached hydrogens (tertiary/aromatic N) is 1. The lowest BCUT2D eigenvalue weighted by Crippen LogP contribution is -2.36. The number of aryl methyl sites for hydroxylation is 1. The van der Waals surface area contributed by atoms with Crippen LogP contribution in [0, 0.1) is 6.92 Å². The van der Waals surface area contributed by atoms with Gasteiger partial charge in [0.2, 0.25) is 5.91 Å². The Bertz CT molecular complexity index is 1400. The Hall–Kier alpha value is -4.57. The molecule has 1 aliphatic rings. The molecule has 0 radical (unpaired) electrons. The van der Waals surface area contributed by atoms with Gasteiger partial charge in [-0.05, 0) is 72.3 Å². The summed E-state index contributed by atoms with van der Waals surface area (Å²) in [6.07, 6.45) is 1.57. The normalized spacial score (nSPS) is 13.9. The van der Waals surface area contributed by atoms with Crippen LogP contribution in [0.15, 0.2) is 77.7 Å². The van der Waals surface area contributed by atoms with Gasteiger partial charge in [0.05, 0.1) is 17.7 Å². The first-order valence-electron chi connectivity index (χ1n) is 11.6. The van der Waals surface area contributed by atoms with Crippen molar-refractivity contribution in [2.45, 2.75) is 6.92 Å². The highest BCUT2D eigenvalue weighted by Crippen LogP contribution is 2.32. The molecule has 0 unspecified atom stereocenters. The molecule has 3 aromatic rings. The number of para-hydroxylation sites is 2. The van der Waals surface area contributed by atoms with Crippen LogP contribution >= 0.6 is 11.8 Å². The molecule has 4 rings (SSSR count). The Morgan fingerprint density at radius 2 is 1.71 bits per heavy atom. The first-order chi connectivity index (χ1) is 18.3. The summed E-state index contributed by atoms with van der Waals surface area (Å²) in [6, 6.07) is 21.0. The number of rotatable bonds is 9. The number of hydrogen-bond donors (Lipinski definition) is 2. The minimum atomic E-state index is -0.552. The number of carbonyl (C=O) groups is 4. The third kappa shape index (κ3) is 6.80. The number of amides is 4. The molecule has 0 aliphatic carbocycles. The van der Waals surface area contributed by atoms with Gasteiger partial charge in [-0.25, -0.2) is 0 Å². The van der Waals surface area contributed by atoms with E-state index in [0.29, 0.717) is 28.4 Å². The van der Waals surface area contributed by atoms with Crippen LogP contribution in [0.4, 0.5) is 16.2 Å². The van der Waals surface area contributed by atoms with Crippen molar-refractivity contribution in [3.63, 3.8) is 0 Å². The van der Waals surface area contributed by atoms with E-state index in [2.05, 4.69) is 10.6 Å². The topological polar surface area (TPSA) is 114 Å². The second-order valence-electron chi connectivity index (χ2n) is 8.29. The molecule has 0 spiro atoms. The zero-order valence-electron chi connectivity index (χ0n) is 20.7. The van der Waals surface area contributed by atoms with Crippen LogP contribution in [0.2, 0.25) is 0 Å². The molecule has 2 N–H and O–H groups in total. The number of nitrogens with one attached hydrogen (secondary N) is 2. The molecule has 0 bridgehead atoms. The van der Waals surface area contributed by atoms with Gasteiger partial charge in [0, 0.05) is 5.69 Å². The molecular formula is C28H25N3O6S. The molecule has 1 fully saturated rings. The largest absolute Gasteiger partial charge is 0.495 e. The fourth-order valence-corrected chi connectivity index (χ4v) is 4.44. The highest BCUT2D eigenvalue weighted by atomic mass is 32.2. The average Bonchev–Trinajstić information content (AvgIpc) is 3.15. The summed E-state index contributed by atoms with van der Waals surface area (Å²) in [5, 5.41) is 4.90. The Morgan fingerprint density at radius 3 is 2.45 bits per heavy atom. The quantitative estimate of drug-likeness (QED) is 0.385. The van der Waals surface area contributed by atoms with E-state index >= 15 is 0 Å². The van der Waals surface area contributed by atoms with Gasteiger partial charge in [-0.1, -0.05) is 36.4 Å². The molecule has 194 valence electrons. The Kier molecular flexibility index (Phi) is 8.44. The van der Waals surface area contributed by atoms with Crippen LogP contribution in [0.5, 0.6) is 11.5 Å². The van der Waals surface area contributed by atoms with E-state index in [-0.39, 0.29) is 17.4 Å². The smallest absolute Gasteiger partial charge is 0.294 e. The van der Waals surface area contributed by atoms with Crippen molar-refractivity contribution in [1.29, 1.82) is 0 Å². The monoisotopic (exact) mass is 531 g/mol. The number of anilines is 2. The van der Waals surface area contributed by atoms with E-state index in [9.17, 15) is 19.2 Å². The molecule has 1 saturated heterocycles. The van der Waals surface area contributed by atoms with Gasteiger partial charge >= 0.3 is 0 Å². The lowest BCUT2D eigenvalue weighted by atomic mass is 10.2.